The lowest BCUT2D eigenvalue weighted by Gasteiger charge is -2.08. The van der Waals surface area contributed by atoms with Crippen LogP contribution >= 0.6 is 27.3 Å². The van der Waals surface area contributed by atoms with E-state index in [1.807, 2.05) is 12.1 Å². The quantitative estimate of drug-likeness (QED) is 0.840. The molecule has 1 amide bonds. The van der Waals surface area contributed by atoms with Crippen molar-refractivity contribution >= 4 is 38.9 Å². The molecular weight excluding hydrogens is 328 g/mol. The molecule has 3 N–H and O–H groups in total. The summed E-state index contributed by atoms with van der Waals surface area (Å²) in [4.78, 5) is 13.1. The number of methoxy groups -OCH3 is 1. The van der Waals surface area contributed by atoms with E-state index >= 15 is 0 Å². The van der Waals surface area contributed by atoms with Gasteiger partial charge in [-0.3, -0.25) is 4.79 Å². The number of hydrogen-bond donors (Lipinski definition) is 2. The van der Waals surface area contributed by atoms with E-state index in [0.29, 0.717) is 23.5 Å². The van der Waals surface area contributed by atoms with Crippen molar-refractivity contribution in [2.75, 3.05) is 12.8 Å². The lowest BCUT2D eigenvalue weighted by molar-refractivity contribution is 0.0952. The molecule has 6 heteroatoms. The van der Waals surface area contributed by atoms with Crippen molar-refractivity contribution < 1.29 is 9.53 Å². The first-order valence-corrected chi connectivity index (χ1v) is 7.17. The molecule has 0 saturated heterocycles. The summed E-state index contributed by atoms with van der Waals surface area (Å²) >= 11 is 4.97. The van der Waals surface area contributed by atoms with Crippen LogP contribution in [0.3, 0.4) is 0 Å². The fourth-order valence-electron chi connectivity index (χ4n) is 1.57. The average Bonchev–Trinajstić information content (AvgIpc) is 2.82. The molecule has 4 nitrogen and oxygen atoms in total. The van der Waals surface area contributed by atoms with Gasteiger partial charge in [-0.15, -0.1) is 11.3 Å². The second-order valence-electron chi connectivity index (χ2n) is 3.84. The molecule has 0 bridgehead atoms. The van der Waals surface area contributed by atoms with Gasteiger partial charge in [-0.1, -0.05) is 0 Å². The highest BCUT2D eigenvalue weighted by atomic mass is 79.9. The van der Waals surface area contributed by atoms with Crippen molar-refractivity contribution in [3.8, 4) is 5.75 Å². The number of halogens is 1. The van der Waals surface area contributed by atoms with Gasteiger partial charge in [-0.25, -0.2) is 0 Å². The molecule has 100 valence electrons. The molecule has 0 unspecified atom stereocenters. The lowest BCUT2D eigenvalue weighted by atomic mass is 10.1. The molecule has 2 rings (SSSR count). The van der Waals surface area contributed by atoms with Crippen LogP contribution in [0, 0.1) is 0 Å². The SMILES string of the molecule is COc1ccc(N)c(C(=O)NCc2ccc(Br)s2)c1. The molecule has 1 aromatic heterocycles. The zero-order chi connectivity index (χ0) is 13.8. The van der Waals surface area contributed by atoms with Crippen LogP contribution in [0.4, 0.5) is 5.69 Å². The van der Waals surface area contributed by atoms with E-state index in [0.717, 1.165) is 8.66 Å². The number of nitrogen functional groups attached to an aromatic ring is 1. The summed E-state index contributed by atoms with van der Waals surface area (Å²) < 4.78 is 6.13. The Balaban J connectivity index is 2.07. The van der Waals surface area contributed by atoms with Crippen LogP contribution in [0.25, 0.3) is 0 Å². The Morgan fingerprint density at radius 1 is 1.42 bits per heavy atom. The van der Waals surface area contributed by atoms with E-state index in [9.17, 15) is 4.79 Å². The van der Waals surface area contributed by atoms with Crippen LogP contribution in [0.2, 0.25) is 0 Å². The molecule has 1 heterocycles. The van der Waals surface area contributed by atoms with Gasteiger partial charge in [0.2, 0.25) is 0 Å². The van der Waals surface area contributed by atoms with Crippen LogP contribution in [0.5, 0.6) is 5.75 Å². The Hall–Kier alpha value is -1.53. The van der Waals surface area contributed by atoms with Crippen molar-refractivity contribution in [1.82, 2.24) is 5.32 Å². The van der Waals surface area contributed by atoms with Gasteiger partial charge in [0.1, 0.15) is 5.75 Å². The number of carbonyl (C=O) groups excluding carboxylic acids is 1. The summed E-state index contributed by atoms with van der Waals surface area (Å²) in [5, 5.41) is 2.84. The maximum Gasteiger partial charge on any atom is 0.253 e. The Kier molecular flexibility index (Phi) is 4.44. The first kappa shape index (κ1) is 13.9. The lowest BCUT2D eigenvalue weighted by Crippen LogP contribution is -2.23. The monoisotopic (exact) mass is 340 g/mol. The second-order valence-corrected chi connectivity index (χ2v) is 6.39. The summed E-state index contributed by atoms with van der Waals surface area (Å²) in [7, 11) is 1.55. The maximum absolute atomic E-state index is 12.1. The van der Waals surface area contributed by atoms with Crippen LogP contribution in [-0.4, -0.2) is 13.0 Å². The van der Waals surface area contributed by atoms with Crippen molar-refractivity contribution in [3.05, 3.63) is 44.6 Å². The van der Waals surface area contributed by atoms with E-state index in [1.54, 1.807) is 36.6 Å². The van der Waals surface area contributed by atoms with Crippen molar-refractivity contribution in [3.63, 3.8) is 0 Å². The Morgan fingerprint density at radius 2 is 2.21 bits per heavy atom. The minimum Gasteiger partial charge on any atom is -0.497 e. The molecule has 19 heavy (non-hydrogen) atoms. The molecule has 0 saturated carbocycles. The first-order valence-electron chi connectivity index (χ1n) is 5.56. The molecule has 1 aromatic carbocycles. The van der Waals surface area contributed by atoms with E-state index in [4.69, 9.17) is 10.5 Å². The van der Waals surface area contributed by atoms with Crippen molar-refractivity contribution in [1.29, 1.82) is 0 Å². The smallest absolute Gasteiger partial charge is 0.253 e. The highest BCUT2D eigenvalue weighted by molar-refractivity contribution is 9.11. The van der Waals surface area contributed by atoms with Gasteiger partial charge in [-0.2, -0.15) is 0 Å². The number of rotatable bonds is 4. The topological polar surface area (TPSA) is 64.3 Å². The molecule has 0 aliphatic heterocycles. The third kappa shape index (κ3) is 3.48. The summed E-state index contributed by atoms with van der Waals surface area (Å²) in [6.07, 6.45) is 0. The Bertz CT molecular complexity index is 598. The zero-order valence-corrected chi connectivity index (χ0v) is 12.7. The highest BCUT2D eigenvalue weighted by Gasteiger charge is 2.11. The van der Waals surface area contributed by atoms with E-state index in [-0.39, 0.29) is 5.91 Å². The third-order valence-electron chi connectivity index (χ3n) is 2.56. The fraction of sp³-hybridized carbons (Fsp3) is 0.154. The minimum absolute atomic E-state index is 0.207. The molecule has 0 spiro atoms. The maximum atomic E-state index is 12.1. The number of thiophene rings is 1. The Labute approximate surface area is 123 Å². The minimum atomic E-state index is -0.207. The summed E-state index contributed by atoms with van der Waals surface area (Å²) in [5.41, 5.74) is 6.66. The van der Waals surface area contributed by atoms with Gasteiger partial charge < -0.3 is 15.8 Å². The molecule has 0 fully saturated rings. The molecule has 0 atom stereocenters. The average molecular weight is 341 g/mol. The van der Waals surface area contributed by atoms with Crippen LogP contribution in [-0.2, 0) is 6.54 Å². The summed E-state index contributed by atoms with van der Waals surface area (Å²) in [5.74, 6) is 0.402. The highest BCUT2D eigenvalue weighted by Crippen LogP contribution is 2.22. The van der Waals surface area contributed by atoms with Crippen LogP contribution < -0.4 is 15.8 Å². The van der Waals surface area contributed by atoms with Crippen molar-refractivity contribution in [2.45, 2.75) is 6.54 Å². The number of ether oxygens (including phenoxy) is 1. The van der Waals surface area contributed by atoms with Gasteiger partial charge in [0, 0.05) is 10.6 Å². The summed E-state index contributed by atoms with van der Waals surface area (Å²) in [6, 6.07) is 8.93. The molecular formula is C13H13BrN2O2S. The number of nitrogens with two attached hydrogens (primary N) is 1. The number of anilines is 1. The predicted octanol–water partition coefficient (Wildman–Crippen LogP) is 3.03. The molecule has 0 aliphatic rings. The number of nitrogens with one attached hydrogen (secondary N) is 1. The van der Waals surface area contributed by atoms with E-state index in [2.05, 4.69) is 21.2 Å². The van der Waals surface area contributed by atoms with Crippen molar-refractivity contribution in [2.24, 2.45) is 0 Å². The number of hydrogen-bond acceptors (Lipinski definition) is 4. The van der Waals surface area contributed by atoms with E-state index < -0.39 is 0 Å². The van der Waals surface area contributed by atoms with Crippen LogP contribution in [0.15, 0.2) is 34.1 Å². The fourth-order valence-corrected chi connectivity index (χ4v) is 2.99. The normalized spacial score (nSPS) is 10.2. The number of benzene rings is 1. The standard InChI is InChI=1S/C13H13BrN2O2S/c1-18-8-2-4-11(15)10(6-8)13(17)16-7-9-3-5-12(14)19-9/h2-6H,7,15H2,1H3,(H,16,17). The zero-order valence-electron chi connectivity index (χ0n) is 10.3. The van der Waals surface area contributed by atoms with Crippen LogP contribution in [0.1, 0.15) is 15.2 Å². The van der Waals surface area contributed by atoms with Gasteiger partial charge in [-0.05, 0) is 46.3 Å². The third-order valence-corrected chi connectivity index (χ3v) is 4.18. The molecule has 2 aromatic rings. The largest absolute Gasteiger partial charge is 0.497 e. The predicted molar refractivity (Wildman–Crippen MR) is 80.6 cm³/mol. The first-order chi connectivity index (χ1) is 9.10. The second kappa shape index (κ2) is 6.08. The summed E-state index contributed by atoms with van der Waals surface area (Å²) in [6.45, 7) is 0.478. The van der Waals surface area contributed by atoms with Gasteiger partial charge >= 0.3 is 0 Å². The number of carbonyl (C=O) groups is 1. The molecule has 0 radical (unpaired) electrons. The Morgan fingerprint density at radius 3 is 2.84 bits per heavy atom. The van der Waals surface area contributed by atoms with Gasteiger partial charge in [0.25, 0.3) is 5.91 Å². The van der Waals surface area contributed by atoms with Gasteiger partial charge in [0.15, 0.2) is 0 Å². The molecule has 0 aliphatic carbocycles. The van der Waals surface area contributed by atoms with Gasteiger partial charge in [0.05, 0.1) is 23.0 Å². The van der Waals surface area contributed by atoms with E-state index in [1.165, 1.54) is 0 Å². The number of amides is 1.